The number of aromatic hydroxyl groups is 1. The van der Waals surface area contributed by atoms with Crippen molar-refractivity contribution < 1.29 is 10.0 Å². The van der Waals surface area contributed by atoms with Crippen LogP contribution in [-0.4, -0.2) is 15.0 Å². The summed E-state index contributed by atoms with van der Waals surface area (Å²) in [5.41, 5.74) is 0.397. The Bertz CT molecular complexity index is 312. The van der Waals surface area contributed by atoms with Crippen LogP contribution in [0.3, 0.4) is 0 Å². The maximum absolute atomic E-state index is 10.3. The summed E-state index contributed by atoms with van der Waals surface area (Å²) < 4.78 is 0. The Morgan fingerprint density at radius 2 is 2.42 bits per heavy atom. The molecule has 0 aromatic carbocycles. The molecule has 0 saturated heterocycles. The zero-order chi connectivity index (χ0) is 9.14. The zero-order valence-corrected chi connectivity index (χ0v) is 6.52. The molecular formula is C7H8N2O3. The highest BCUT2D eigenvalue weighted by molar-refractivity contribution is 5.36. The molecule has 0 aliphatic carbocycles. The summed E-state index contributed by atoms with van der Waals surface area (Å²) >= 11 is 0. The van der Waals surface area contributed by atoms with Crippen LogP contribution in [0.4, 0.5) is 5.69 Å². The standard InChI is InChI=1S/C7H8N2O3/c1-2-5-3-6(9(11)12)4-8-7(5)10/h3-4H,2H2,1H3,(H,8,10). The average molecular weight is 168 g/mol. The van der Waals surface area contributed by atoms with Gasteiger partial charge in [-0.25, -0.2) is 4.98 Å². The monoisotopic (exact) mass is 168 g/mol. The Labute approximate surface area is 68.8 Å². The van der Waals surface area contributed by atoms with Gasteiger partial charge >= 0.3 is 0 Å². The highest BCUT2D eigenvalue weighted by Gasteiger charge is 2.09. The largest absolute Gasteiger partial charge is 0.493 e. The molecule has 0 fully saturated rings. The van der Waals surface area contributed by atoms with Gasteiger partial charge in [-0.3, -0.25) is 10.1 Å². The van der Waals surface area contributed by atoms with Gasteiger partial charge in [-0.1, -0.05) is 6.92 Å². The van der Waals surface area contributed by atoms with E-state index in [1.54, 1.807) is 6.92 Å². The molecule has 1 aromatic heterocycles. The van der Waals surface area contributed by atoms with Gasteiger partial charge in [0.15, 0.2) is 0 Å². The Balaban J connectivity index is 3.13. The zero-order valence-electron chi connectivity index (χ0n) is 6.52. The fourth-order valence-corrected chi connectivity index (χ4v) is 0.851. The predicted octanol–water partition coefficient (Wildman–Crippen LogP) is 1.26. The lowest BCUT2D eigenvalue weighted by atomic mass is 10.2. The summed E-state index contributed by atoms with van der Waals surface area (Å²) in [5.74, 6) is -0.136. The second-order valence-electron chi connectivity index (χ2n) is 2.29. The number of nitro groups is 1. The summed E-state index contributed by atoms with van der Waals surface area (Å²) in [5, 5.41) is 19.3. The van der Waals surface area contributed by atoms with Gasteiger partial charge in [0, 0.05) is 11.6 Å². The molecule has 1 N–H and O–H groups in total. The third kappa shape index (κ3) is 1.50. The van der Waals surface area contributed by atoms with Gasteiger partial charge in [0.1, 0.15) is 6.20 Å². The molecule has 0 aliphatic rings. The molecule has 0 unspecified atom stereocenters. The van der Waals surface area contributed by atoms with Crippen molar-refractivity contribution in [2.24, 2.45) is 0 Å². The fraction of sp³-hybridized carbons (Fsp3) is 0.286. The van der Waals surface area contributed by atoms with E-state index in [2.05, 4.69) is 4.98 Å². The van der Waals surface area contributed by atoms with Gasteiger partial charge < -0.3 is 5.11 Å². The SMILES string of the molecule is CCc1cc([N+](=O)[O-])cnc1O. The smallest absolute Gasteiger partial charge is 0.288 e. The van der Waals surface area contributed by atoms with E-state index in [4.69, 9.17) is 5.11 Å². The topological polar surface area (TPSA) is 76.3 Å². The lowest BCUT2D eigenvalue weighted by molar-refractivity contribution is -0.385. The Hall–Kier alpha value is -1.65. The highest BCUT2D eigenvalue weighted by atomic mass is 16.6. The van der Waals surface area contributed by atoms with Gasteiger partial charge in [0.05, 0.1) is 4.92 Å². The van der Waals surface area contributed by atoms with Crippen molar-refractivity contribution in [3.8, 4) is 5.88 Å². The average Bonchev–Trinajstić information content (AvgIpc) is 2.05. The van der Waals surface area contributed by atoms with Crippen LogP contribution in [0.5, 0.6) is 5.88 Å². The summed E-state index contributed by atoms with van der Waals surface area (Å²) in [6.45, 7) is 1.79. The van der Waals surface area contributed by atoms with E-state index in [0.29, 0.717) is 12.0 Å². The van der Waals surface area contributed by atoms with E-state index in [1.165, 1.54) is 6.07 Å². The predicted molar refractivity (Wildman–Crippen MR) is 41.9 cm³/mol. The first-order valence-electron chi connectivity index (χ1n) is 3.47. The molecule has 0 spiro atoms. The van der Waals surface area contributed by atoms with Gasteiger partial charge in [0.25, 0.3) is 5.69 Å². The normalized spacial score (nSPS) is 9.75. The molecule has 5 nitrogen and oxygen atoms in total. The quantitative estimate of drug-likeness (QED) is 0.532. The van der Waals surface area contributed by atoms with E-state index in [-0.39, 0.29) is 11.6 Å². The summed E-state index contributed by atoms with van der Waals surface area (Å²) in [6, 6.07) is 1.32. The Kier molecular flexibility index (Phi) is 2.23. The fourth-order valence-electron chi connectivity index (χ4n) is 0.851. The number of nitrogens with zero attached hydrogens (tertiary/aromatic N) is 2. The lowest BCUT2D eigenvalue weighted by Crippen LogP contribution is -1.92. The lowest BCUT2D eigenvalue weighted by Gasteiger charge is -1.98. The first-order valence-corrected chi connectivity index (χ1v) is 3.47. The minimum atomic E-state index is -0.536. The molecule has 0 saturated carbocycles. The van der Waals surface area contributed by atoms with Crippen molar-refractivity contribution in [1.82, 2.24) is 4.98 Å². The highest BCUT2D eigenvalue weighted by Crippen LogP contribution is 2.19. The van der Waals surface area contributed by atoms with Crippen LogP contribution in [0.1, 0.15) is 12.5 Å². The van der Waals surface area contributed by atoms with Crippen LogP contribution in [0.2, 0.25) is 0 Å². The molecule has 1 heterocycles. The van der Waals surface area contributed by atoms with Crippen LogP contribution in [0.15, 0.2) is 12.3 Å². The summed E-state index contributed by atoms with van der Waals surface area (Å²) in [7, 11) is 0. The van der Waals surface area contributed by atoms with Gasteiger partial charge in [0.2, 0.25) is 5.88 Å². The first kappa shape index (κ1) is 8.45. The summed E-state index contributed by atoms with van der Waals surface area (Å²) in [6.07, 6.45) is 1.56. The van der Waals surface area contributed by atoms with E-state index in [9.17, 15) is 10.1 Å². The molecule has 1 rings (SSSR count). The second kappa shape index (κ2) is 3.17. The van der Waals surface area contributed by atoms with Gasteiger partial charge in [-0.05, 0) is 6.42 Å². The van der Waals surface area contributed by atoms with E-state index in [0.717, 1.165) is 6.20 Å². The van der Waals surface area contributed by atoms with E-state index in [1.807, 2.05) is 0 Å². The van der Waals surface area contributed by atoms with E-state index >= 15 is 0 Å². The Morgan fingerprint density at radius 3 is 2.92 bits per heavy atom. The van der Waals surface area contributed by atoms with Crippen LogP contribution >= 0.6 is 0 Å². The summed E-state index contributed by atoms with van der Waals surface area (Å²) in [4.78, 5) is 13.2. The van der Waals surface area contributed by atoms with Crippen molar-refractivity contribution >= 4 is 5.69 Å². The number of pyridine rings is 1. The minimum absolute atomic E-state index is 0.0929. The maximum Gasteiger partial charge on any atom is 0.288 e. The molecule has 5 heteroatoms. The third-order valence-electron chi connectivity index (χ3n) is 1.52. The number of hydrogen-bond acceptors (Lipinski definition) is 4. The number of aryl methyl sites for hydroxylation is 1. The van der Waals surface area contributed by atoms with Gasteiger partial charge in [-0.15, -0.1) is 0 Å². The maximum atomic E-state index is 10.3. The molecule has 0 aliphatic heterocycles. The number of aromatic nitrogens is 1. The van der Waals surface area contributed by atoms with Crippen LogP contribution < -0.4 is 0 Å². The molecule has 0 radical (unpaired) electrons. The van der Waals surface area contributed by atoms with Crippen molar-refractivity contribution in [3.63, 3.8) is 0 Å². The van der Waals surface area contributed by atoms with Crippen LogP contribution in [-0.2, 0) is 6.42 Å². The number of rotatable bonds is 2. The molecule has 1 aromatic rings. The molecule has 64 valence electrons. The third-order valence-corrected chi connectivity index (χ3v) is 1.52. The van der Waals surface area contributed by atoms with Crippen molar-refractivity contribution in [1.29, 1.82) is 0 Å². The Morgan fingerprint density at radius 1 is 1.75 bits per heavy atom. The van der Waals surface area contributed by atoms with Crippen LogP contribution in [0.25, 0.3) is 0 Å². The van der Waals surface area contributed by atoms with Crippen molar-refractivity contribution in [2.45, 2.75) is 13.3 Å². The minimum Gasteiger partial charge on any atom is -0.493 e. The first-order chi connectivity index (χ1) is 5.65. The molecule has 12 heavy (non-hydrogen) atoms. The van der Waals surface area contributed by atoms with Gasteiger partial charge in [-0.2, -0.15) is 0 Å². The number of hydrogen-bond donors (Lipinski definition) is 1. The molecule has 0 atom stereocenters. The van der Waals surface area contributed by atoms with Crippen molar-refractivity contribution in [3.05, 3.63) is 27.9 Å². The van der Waals surface area contributed by atoms with Crippen molar-refractivity contribution in [2.75, 3.05) is 0 Å². The molecule has 0 amide bonds. The molecular weight excluding hydrogens is 160 g/mol. The second-order valence-corrected chi connectivity index (χ2v) is 2.29. The molecule has 0 bridgehead atoms. The van der Waals surface area contributed by atoms with E-state index < -0.39 is 4.92 Å². The van der Waals surface area contributed by atoms with Crippen LogP contribution in [0, 0.1) is 10.1 Å².